The predicted octanol–water partition coefficient (Wildman–Crippen LogP) is 3.05. The Morgan fingerprint density at radius 1 is 1.18 bits per heavy atom. The zero-order valence-electron chi connectivity index (χ0n) is 8.99. The first-order valence-corrected chi connectivity index (χ1v) is 5.69. The SMILES string of the molecule is C=C/C=C(C)\C(=C/C=C)OS(=O)(=O)C(F)(F)F. The highest BCUT2D eigenvalue weighted by molar-refractivity contribution is 7.87. The van der Waals surface area contributed by atoms with Crippen molar-refractivity contribution in [3.8, 4) is 0 Å². The van der Waals surface area contributed by atoms with Crippen molar-refractivity contribution >= 4 is 10.1 Å². The molecule has 17 heavy (non-hydrogen) atoms. The number of halogens is 3. The van der Waals surface area contributed by atoms with Crippen molar-refractivity contribution in [2.24, 2.45) is 0 Å². The minimum Gasteiger partial charge on any atom is -0.376 e. The van der Waals surface area contributed by atoms with Crippen molar-refractivity contribution in [3.63, 3.8) is 0 Å². The minimum atomic E-state index is -5.67. The molecule has 0 aliphatic rings. The molecule has 0 unspecified atom stereocenters. The second kappa shape index (κ2) is 5.72. The molecule has 7 heteroatoms. The summed E-state index contributed by atoms with van der Waals surface area (Å²) in [4.78, 5) is 0. The molecule has 3 nitrogen and oxygen atoms in total. The van der Waals surface area contributed by atoms with Gasteiger partial charge in [0, 0.05) is 0 Å². The summed E-state index contributed by atoms with van der Waals surface area (Å²) in [6, 6.07) is 0. The average Bonchev–Trinajstić information content (AvgIpc) is 2.15. The molecule has 0 rings (SSSR count). The fourth-order valence-electron chi connectivity index (χ4n) is 0.756. The molecular weight excluding hydrogens is 257 g/mol. The number of allylic oxidation sites excluding steroid dienone is 5. The molecule has 0 fully saturated rings. The maximum absolute atomic E-state index is 12.1. The smallest absolute Gasteiger partial charge is 0.376 e. The molecule has 0 heterocycles. The van der Waals surface area contributed by atoms with Crippen LogP contribution in [0, 0.1) is 0 Å². The van der Waals surface area contributed by atoms with Gasteiger partial charge >= 0.3 is 15.6 Å². The number of rotatable bonds is 5. The Labute approximate surface area is 97.7 Å². The van der Waals surface area contributed by atoms with Gasteiger partial charge in [-0.15, -0.1) is 0 Å². The first-order valence-electron chi connectivity index (χ1n) is 4.29. The lowest BCUT2D eigenvalue weighted by molar-refractivity contribution is -0.0520. The van der Waals surface area contributed by atoms with Gasteiger partial charge in [-0.25, -0.2) is 0 Å². The quantitative estimate of drug-likeness (QED) is 0.333. The third-order valence-electron chi connectivity index (χ3n) is 1.51. The lowest BCUT2D eigenvalue weighted by Crippen LogP contribution is -2.25. The zero-order chi connectivity index (χ0) is 13.7. The molecule has 0 aliphatic heterocycles. The molecular formula is C10H11F3O3S. The highest BCUT2D eigenvalue weighted by atomic mass is 32.2. The second-order valence-electron chi connectivity index (χ2n) is 2.84. The van der Waals surface area contributed by atoms with Crippen LogP contribution in [-0.2, 0) is 14.3 Å². The highest BCUT2D eigenvalue weighted by Crippen LogP contribution is 2.28. The first kappa shape index (κ1) is 15.5. The first-order chi connectivity index (χ1) is 7.65. The van der Waals surface area contributed by atoms with Gasteiger partial charge in [-0.05, 0) is 18.6 Å². The maximum Gasteiger partial charge on any atom is 0.534 e. The summed E-state index contributed by atoms with van der Waals surface area (Å²) in [7, 11) is -5.67. The average molecular weight is 268 g/mol. The summed E-state index contributed by atoms with van der Waals surface area (Å²) in [6.45, 7) is 7.96. The molecule has 0 saturated carbocycles. The molecule has 0 atom stereocenters. The van der Waals surface area contributed by atoms with Crippen molar-refractivity contribution in [2.75, 3.05) is 0 Å². The Hall–Kier alpha value is -1.50. The van der Waals surface area contributed by atoms with E-state index < -0.39 is 21.4 Å². The van der Waals surface area contributed by atoms with Crippen LogP contribution in [0.15, 0.2) is 48.8 Å². The third kappa shape index (κ3) is 4.48. The fourth-order valence-corrected chi connectivity index (χ4v) is 1.27. The van der Waals surface area contributed by atoms with Gasteiger partial charge in [0.1, 0.15) is 5.76 Å². The van der Waals surface area contributed by atoms with Gasteiger partial charge in [-0.2, -0.15) is 21.6 Å². The van der Waals surface area contributed by atoms with Crippen LogP contribution in [0.2, 0.25) is 0 Å². The molecule has 0 amide bonds. The highest BCUT2D eigenvalue weighted by Gasteiger charge is 2.48. The third-order valence-corrected chi connectivity index (χ3v) is 2.47. The lowest BCUT2D eigenvalue weighted by Gasteiger charge is -2.12. The van der Waals surface area contributed by atoms with Crippen LogP contribution < -0.4 is 0 Å². The van der Waals surface area contributed by atoms with Crippen molar-refractivity contribution in [2.45, 2.75) is 12.4 Å². The standard InChI is InChI=1S/C10H11F3O3S/c1-4-6-8(3)9(7-5-2)16-17(14,15)10(11,12)13/h4-7H,1-2H2,3H3/b8-6-,9-7+. The summed E-state index contributed by atoms with van der Waals surface area (Å²) < 4.78 is 61.8. The van der Waals surface area contributed by atoms with E-state index in [1.807, 2.05) is 0 Å². The van der Waals surface area contributed by atoms with E-state index in [2.05, 4.69) is 17.3 Å². The van der Waals surface area contributed by atoms with Gasteiger partial charge in [-0.1, -0.05) is 31.4 Å². The molecule has 0 aromatic rings. The van der Waals surface area contributed by atoms with Crippen LogP contribution in [0.5, 0.6) is 0 Å². The molecule has 0 N–H and O–H groups in total. The minimum absolute atomic E-state index is 0.174. The van der Waals surface area contributed by atoms with Gasteiger partial charge < -0.3 is 4.18 Å². The monoisotopic (exact) mass is 268 g/mol. The number of hydrogen-bond acceptors (Lipinski definition) is 3. The van der Waals surface area contributed by atoms with E-state index >= 15 is 0 Å². The molecule has 0 aliphatic carbocycles. The van der Waals surface area contributed by atoms with Gasteiger partial charge in [0.25, 0.3) is 0 Å². The predicted molar refractivity (Wildman–Crippen MR) is 58.3 cm³/mol. The summed E-state index contributed by atoms with van der Waals surface area (Å²) in [5.41, 5.74) is -5.30. The molecule has 0 aromatic heterocycles. The summed E-state index contributed by atoms with van der Waals surface area (Å²) >= 11 is 0. The maximum atomic E-state index is 12.1. The zero-order valence-corrected chi connectivity index (χ0v) is 9.81. The molecule has 0 saturated heterocycles. The van der Waals surface area contributed by atoms with E-state index in [0.717, 1.165) is 12.2 Å². The topological polar surface area (TPSA) is 43.4 Å². The van der Waals surface area contributed by atoms with E-state index in [4.69, 9.17) is 0 Å². The van der Waals surface area contributed by atoms with Crippen LogP contribution in [-0.4, -0.2) is 13.9 Å². The molecule has 96 valence electrons. The van der Waals surface area contributed by atoms with Crippen molar-refractivity contribution in [3.05, 3.63) is 48.8 Å². The van der Waals surface area contributed by atoms with Gasteiger partial charge in [0.2, 0.25) is 0 Å². The summed E-state index contributed by atoms with van der Waals surface area (Å²) in [5, 5.41) is 0. The van der Waals surface area contributed by atoms with Crippen LogP contribution in [0.3, 0.4) is 0 Å². The number of hydrogen-bond donors (Lipinski definition) is 0. The molecule has 0 aromatic carbocycles. The lowest BCUT2D eigenvalue weighted by atomic mass is 10.2. The second-order valence-corrected chi connectivity index (χ2v) is 4.37. The van der Waals surface area contributed by atoms with E-state index in [0.29, 0.717) is 0 Å². The van der Waals surface area contributed by atoms with Crippen LogP contribution in [0.4, 0.5) is 13.2 Å². The molecule has 0 bridgehead atoms. The largest absolute Gasteiger partial charge is 0.534 e. The van der Waals surface area contributed by atoms with Gasteiger partial charge in [-0.3, -0.25) is 0 Å². The van der Waals surface area contributed by atoms with E-state index in [-0.39, 0.29) is 5.57 Å². The van der Waals surface area contributed by atoms with Crippen LogP contribution in [0.25, 0.3) is 0 Å². The fraction of sp³-hybridized carbons (Fsp3) is 0.200. The van der Waals surface area contributed by atoms with Crippen molar-refractivity contribution < 1.29 is 25.8 Å². The number of alkyl halides is 3. The summed E-state index contributed by atoms with van der Waals surface area (Å²) in [6.07, 6.45) is 4.72. The van der Waals surface area contributed by atoms with Crippen molar-refractivity contribution in [1.29, 1.82) is 0 Å². The van der Waals surface area contributed by atoms with Gasteiger partial charge in [0.15, 0.2) is 0 Å². The summed E-state index contributed by atoms with van der Waals surface area (Å²) in [5.74, 6) is -0.461. The van der Waals surface area contributed by atoms with Crippen molar-refractivity contribution in [1.82, 2.24) is 0 Å². The Balaban J connectivity index is 5.33. The Morgan fingerprint density at radius 3 is 2.00 bits per heavy atom. The Morgan fingerprint density at radius 2 is 1.65 bits per heavy atom. The Bertz CT molecular complexity index is 456. The Kier molecular flexibility index (Phi) is 5.21. The van der Waals surface area contributed by atoms with E-state index in [9.17, 15) is 21.6 Å². The molecule has 0 spiro atoms. The van der Waals surface area contributed by atoms with E-state index in [1.165, 1.54) is 19.1 Å². The van der Waals surface area contributed by atoms with E-state index in [1.54, 1.807) is 0 Å². The van der Waals surface area contributed by atoms with Crippen LogP contribution in [0.1, 0.15) is 6.92 Å². The molecule has 0 radical (unpaired) electrons. The van der Waals surface area contributed by atoms with Gasteiger partial charge in [0.05, 0.1) is 0 Å². The normalized spacial score (nSPS) is 14.4. The van der Waals surface area contributed by atoms with Crippen LogP contribution >= 0.6 is 0 Å².